The number of benzene rings is 3. The molecule has 0 spiro atoms. The largest absolute Gasteiger partial charge is 0.343 e. The van der Waals surface area contributed by atoms with Gasteiger partial charge in [0.2, 0.25) is 11.8 Å². The van der Waals surface area contributed by atoms with E-state index in [-0.39, 0.29) is 37.2 Å². The van der Waals surface area contributed by atoms with Crippen LogP contribution in [0, 0.1) is 12.7 Å². The van der Waals surface area contributed by atoms with Crippen LogP contribution in [0.2, 0.25) is 0 Å². The summed E-state index contributed by atoms with van der Waals surface area (Å²) in [5.41, 5.74) is 3.66. The molecule has 1 N–H and O–H groups in total. The number of rotatable bonds is 7. The molecule has 39 heavy (non-hydrogen) atoms. The van der Waals surface area contributed by atoms with E-state index in [9.17, 15) is 18.4 Å². The van der Waals surface area contributed by atoms with E-state index in [1.165, 1.54) is 11.0 Å². The third-order valence-corrected chi connectivity index (χ3v) is 7.81. The van der Waals surface area contributed by atoms with Gasteiger partial charge in [-0.05, 0) is 60.6 Å². The Morgan fingerprint density at radius 3 is 2.51 bits per heavy atom. The second kappa shape index (κ2) is 10.2. The van der Waals surface area contributed by atoms with Crippen molar-refractivity contribution < 1.29 is 18.4 Å². The smallest absolute Gasteiger partial charge is 0.243 e. The van der Waals surface area contributed by atoms with Crippen molar-refractivity contribution >= 4 is 22.8 Å². The van der Waals surface area contributed by atoms with Crippen LogP contribution in [0.5, 0.6) is 0 Å². The van der Waals surface area contributed by atoms with Gasteiger partial charge >= 0.3 is 0 Å². The maximum atomic E-state index is 15.0. The maximum Gasteiger partial charge on any atom is 0.243 e. The van der Waals surface area contributed by atoms with Gasteiger partial charge in [0.05, 0.1) is 23.6 Å². The van der Waals surface area contributed by atoms with Crippen LogP contribution in [0.3, 0.4) is 0 Å². The van der Waals surface area contributed by atoms with Gasteiger partial charge in [-0.15, -0.1) is 0 Å². The van der Waals surface area contributed by atoms with Crippen LogP contribution in [-0.2, 0) is 16.1 Å². The van der Waals surface area contributed by atoms with Gasteiger partial charge in [-0.1, -0.05) is 54.6 Å². The molecule has 1 aliphatic heterocycles. The number of amides is 2. The minimum Gasteiger partial charge on any atom is -0.343 e. The predicted molar refractivity (Wildman–Crippen MR) is 144 cm³/mol. The average molecular weight is 529 g/mol. The van der Waals surface area contributed by atoms with Crippen LogP contribution in [-0.4, -0.2) is 45.0 Å². The van der Waals surface area contributed by atoms with Gasteiger partial charge < -0.3 is 14.8 Å². The van der Waals surface area contributed by atoms with E-state index < -0.39 is 24.2 Å². The number of halogens is 2. The summed E-state index contributed by atoms with van der Waals surface area (Å²) in [5.74, 6) is -0.162. The number of carbonyl (C=O) groups is 2. The summed E-state index contributed by atoms with van der Waals surface area (Å²) in [6, 6.07) is 20.3. The van der Waals surface area contributed by atoms with Crippen molar-refractivity contribution in [1.29, 1.82) is 0 Å². The van der Waals surface area contributed by atoms with Crippen molar-refractivity contribution in [2.75, 3.05) is 6.54 Å². The molecule has 1 saturated carbocycles. The molecule has 6 rings (SSSR count). The lowest BCUT2D eigenvalue weighted by Crippen LogP contribution is -2.48. The number of hydrogen-bond acceptors (Lipinski definition) is 3. The SMILES string of the molecule is Cc1nc2ccccc2n1CC(=O)N1C[C@H](F)C[C@H]1C(=O)N[C@@H](c1ccccc1)c1ccc(C2CC2)c(F)c1. The second-order valence-electron chi connectivity index (χ2n) is 10.5. The first-order chi connectivity index (χ1) is 18.9. The molecule has 2 heterocycles. The van der Waals surface area contributed by atoms with Crippen molar-refractivity contribution in [3.05, 3.63) is 101 Å². The summed E-state index contributed by atoms with van der Waals surface area (Å²) in [4.78, 5) is 32.9. The fourth-order valence-corrected chi connectivity index (χ4v) is 5.62. The van der Waals surface area contributed by atoms with Gasteiger partial charge in [0.1, 0.15) is 30.4 Å². The number of para-hydroxylation sites is 2. The molecule has 8 heteroatoms. The van der Waals surface area contributed by atoms with E-state index in [1.807, 2.05) is 67.6 Å². The Kier molecular flexibility index (Phi) is 6.62. The molecule has 6 nitrogen and oxygen atoms in total. The van der Waals surface area contributed by atoms with Crippen molar-refractivity contribution in [3.8, 4) is 0 Å². The topological polar surface area (TPSA) is 67.2 Å². The number of fused-ring (bicyclic) bond motifs is 1. The Labute approximate surface area is 225 Å². The lowest BCUT2D eigenvalue weighted by atomic mass is 9.96. The zero-order valence-electron chi connectivity index (χ0n) is 21.7. The van der Waals surface area contributed by atoms with Gasteiger partial charge in [-0.25, -0.2) is 13.8 Å². The highest BCUT2D eigenvalue weighted by molar-refractivity contribution is 5.89. The summed E-state index contributed by atoms with van der Waals surface area (Å²) in [6.07, 6.45) is 0.576. The van der Waals surface area contributed by atoms with Crippen molar-refractivity contribution in [2.24, 2.45) is 0 Å². The Bertz CT molecular complexity index is 1530. The number of aromatic nitrogens is 2. The monoisotopic (exact) mass is 528 g/mol. The molecular weight excluding hydrogens is 498 g/mol. The van der Waals surface area contributed by atoms with Crippen molar-refractivity contribution in [2.45, 2.75) is 56.9 Å². The third-order valence-electron chi connectivity index (χ3n) is 7.81. The number of carbonyl (C=O) groups excluding carboxylic acids is 2. The lowest BCUT2D eigenvalue weighted by molar-refractivity contribution is -0.139. The fourth-order valence-electron chi connectivity index (χ4n) is 5.62. The molecule has 1 aliphatic carbocycles. The summed E-state index contributed by atoms with van der Waals surface area (Å²) in [7, 11) is 0. The zero-order valence-corrected chi connectivity index (χ0v) is 21.7. The Morgan fingerprint density at radius 2 is 1.77 bits per heavy atom. The van der Waals surface area contributed by atoms with Gasteiger partial charge in [0, 0.05) is 6.42 Å². The molecule has 2 fully saturated rings. The molecule has 1 saturated heterocycles. The van der Waals surface area contributed by atoms with E-state index in [0.717, 1.165) is 29.4 Å². The normalized spacial score (nSPS) is 19.8. The van der Waals surface area contributed by atoms with E-state index in [1.54, 1.807) is 10.6 Å². The molecular formula is C31H30F2N4O2. The van der Waals surface area contributed by atoms with Crippen molar-refractivity contribution in [1.82, 2.24) is 19.8 Å². The van der Waals surface area contributed by atoms with Gasteiger partial charge in [-0.2, -0.15) is 0 Å². The molecule has 0 bridgehead atoms. The van der Waals surface area contributed by atoms with E-state index in [4.69, 9.17) is 0 Å². The van der Waals surface area contributed by atoms with Gasteiger partial charge in [0.25, 0.3) is 0 Å². The number of nitrogens with zero attached hydrogens (tertiary/aromatic N) is 3. The number of imidazole rings is 1. The molecule has 3 atom stereocenters. The number of aryl methyl sites for hydroxylation is 1. The van der Waals surface area contributed by atoms with Crippen LogP contribution < -0.4 is 5.32 Å². The molecule has 200 valence electrons. The molecule has 3 aromatic carbocycles. The van der Waals surface area contributed by atoms with Crippen LogP contribution in [0.25, 0.3) is 11.0 Å². The minimum absolute atomic E-state index is 0.0429. The highest BCUT2D eigenvalue weighted by Gasteiger charge is 2.41. The maximum absolute atomic E-state index is 15.0. The molecule has 2 aliphatic rings. The van der Waals surface area contributed by atoms with E-state index in [2.05, 4.69) is 10.3 Å². The molecule has 2 amide bonds. The van der Waals surface area contributed by atoms with Crippen molar-refractivity contribution in [3.63, 3.8) is 0 Å². The molecule has 1 aromatic heterocycles. The number of hydrogen-bond donors (Lipinski definition) is 1. The Morgan fingerprint density at radius 1 is 1.03 bits per heavy atom. The highest BCUT2D eigenvalue weighted by Crippen LogP contribution is 2.42. The summed E-state index contributed by atoms with van der Waals surface area (Å²) >= 11 is 0. The first kappa shape index (κ1) is 25.2. The van der Waals surface area contributed by atoms with E-state index in [0.29, 0.717) is 17.0 Å². The summed E-state index contributed by atoms with van der Waals surface area (Å²) in [6.45, 7) is 1.62. The average Bonchev–Trinajstić information content (AvgIpc) is 3.63. The first-order valence-corrected chi connectivity index (χ1v) is 13.4. The van der Waals surface area contributed by atoms with Crippen LogP contribution in [0.4, 0.5) is 8.78 Å². The quantitative estimate of drug-likeness (QED) is 0.358. The highest BCUT2D eigenvalue weighted by atomic mass is 19.1. The molecule has 0 unspecified atom stereocenters. The number of nitrogens with one attached hydrogen (secondary N) is 1. The lowest BCUT2D eigenvalue weighted by Gasteiger charge is -2.27. The molecule has 0 radical (unpaired) electrons. The van der Waals surface area contributed by atoms with E-state index >= 15 is 0 Å². The van der Waals surface area contributed by atoms with Crippen LogP contribution >= 0.6 is 0 Å². The first-order valence-electron chi connectivity index (χ1n) is 13.4. The minimum atomic E-state index is -1.31. The number of alkyl halides is 1. The number of likely N-dealkylation sites (tertiary alicyclic amines) is 1. The van der Waals surface area contributed by atoms with Crippen LogP contribution in [0.15, 0.2) is 72.8 Å². The summed E-state index contributed by atoms with van der Waals surface area (Å²) in [5, 5.41) is 3.00. The molecule has 4 aromatic rings. The Hall–Kier alpha value is -4.07. The van der Waals surface area contributed by atoms with Gasteiger partial charge in [0.15, 0.2) is 0 Å². The van der Waals surface area contributed by atoms with Gasteiger partial charge in [-0.3, -0.25) is 9.59 Å². The summed E-state index contributed by atoms with van der Waals surface area (Å²) < 4.78 is 31.4. The fraction of sp³-hybridized carbons (Fsp3) is 0.323. The zero-order chi connectivity index (χ0) is 27.1. The third kappa shape index (κ3) is 5.03. The van der Waals surface area contributed by atoms with Crippen LogP contribution in [0.1, 0.15) is 53.7 Å². The predicted octanol–water partition coefficient (Wildman–Crippen LogP) is 5.21. The standard InChI is InChI=1S/C31H30F2N4O2/c1-19-34-26-9-5-6-10-27(26)36(19)18-29(38)37-17-23(32)16-28(37)31(39)35-30(21-7-3-2-4-8-21)22-13-14-24(20-11-12-20)25(33)15-22/h2-10,13-15,20,23,28,30H,11-12,16-18H2,1H3,(H,35,39)/t23-,28+,30+/m1/s1. The Balaban J connectivity index is 1.25. The second-order valence-corrected chi connectivity index (χ2v) is 10.5.